The fraction of sp³-hybridized carbons (Fsp3) is 0.222. The summed E-state index contributed by atoms with van der Waals surface area (Å²) in [5, 5.41) is 3.66. The molecular weight excluding hydrogens is 310 g/mol. The van der Waals surface area contributed by atoms with Gasteiger partial charge in [0.1, 0.15) is 17.2 Å². The van der Waals surface area contributed by atoms with Gasteiger partial charge in [-0.15, -0.1) is 0 Å². The topological polar surface area (TPSA) is 46.4 Å². The molecule has 5 heteroatoms. The van der Waals surface area contributed by atoms with E-state index in [1.165, 1.54) is 0 Å². The maximum atomic E-state index is 12.2. The molecule has 3 aromatic rings. The molecule has 0 spiro atoms. The third-order valence-corrected chi connectivity index (χ3v) is 3.92. The van der Waals surface area contributed by atoms with Gasteiger partial charge in [0.2, 0.25) is 5.91 Å². The summed E-state index contributed by atoms with van der Waals surface area (Å²) in [6.45, 7) is 5.75. The third kappa shape index (κ3) is 3.08. The third-order valence-electron chi connectivity index (χ3n) is 3.67. The molecule has 3 rings (SSSR count). The van der Waals surface area contributed by atoms with Crippen LogP contribution in [0.15, 0.2) is 42.6 Å². The standard InChI is InChI=1S/C18H18ClN3O/c1-11(2)18(23)21-17-16(13-4-6-14(19)7-5-13)20-15-10-12(3)8-9-22(15)17/h4-11H,1-3H3,(H,21,23). The second-order valence-corrected chi connectivity index (χ2v) is 6.33. The van der Waals surface area contributed by atoms with Crippen LogP contribution in [0.5, 0.6) is 0 Å². The van der Waals surface area contributed by atoms with Crippen molar-refractivity contribution in [3.8, 4) is 11.3 Å². The van der Waals surface area contributed by atoms with Crippen molar-refractivity contribution in [3.63, 3.8) is 0 Å². The smallest absolute Gasteiger partial charge is 0.228 e. The van der Waals surface area contributed by atoms with Crippen molar-refractivity contribution in [2.75, 3.05) is 5.32 Å². The molecule has 0 radical (unpaired) electrons. The second-order valence-electron chi connectivity index (χ2n) is 5.89. The zero-order valence-corrected chi connectivity index (χ0v) is 14.1. The number of pyridine rings is 1. The first-order valence-corrected chi connectivity index (χ1v) is 7.89. The molecule has 1 aromatic carbocycles. The van der Waals surface area contributed by atoms with E-state index >= 15 is 0 Å². The molecule has 0 aliphatic rings. The molecule has 2 heterocycles. The van der Waals surface area contributed by atoms with Crippen LogP contribution in [0.1, 0.15) is 19.4 Å². The maximum Gasteiger partial charge on any atom is 0.228 e. The molecule has 4 nitrogen and oxygen atoms in total. The monoisotopic (exact) mass is 327 g/mol. The molecular formula is C18H18ClN3O. The number of nitrogens with zero attached hydrogens (tertiary/aromatic N) is 2. The molecule has 1 amide bonds. The molecule has 0 atom stereocenters. The number of amides is 1. The van der Waals surface area contributed by atoms with Gasteiger partial charge < -0.3 is 5.32 Å². The van der Waals surface area contributed by atoms with Crippen molar-refractivity contribution < 1.29 is 4.79 Å². The van der Waals surface area contributed by atoms with Crippen LogP contribution in [0.4, 0.5) is 5.82 Å². The van der Waals surface area contributed by atoms with Crippen LogP contribution in [-0.4, -0.2) is 15.3 Å². The van der Waals surface area contributed by atoms with Crippen LogP contribution in [0.25, 0.3) is 16.9 Å². The van der Waals surface area contributed by atoms with Gasteiger partial charge in [-0.05, 0) is 36.8 Å². The predicted molar refractivity (Wildman–Crippen MR) is 93.8 cm³/mol. The van der Waals surface area contributed by atoms with Gasteiger partial charge in [0.25, 0.3) is 0 Å². The number of aromatic nitrogens is 2. The number of carbonyl (C=O) groups excluding carboxylic acids is 1. The fourth-order valence-electron chi connectivity index (χ4n) is 2.34. The first-order valence-electron chi connectivity index (χ1n) is 7.51. The van der Waals surface area contributed by atoms with Gasteiger partial charge in [-0.1, -0.05) is 37.6 Å². The number of hydrogen-bond acceptors (Lipinski definition) is 2. The Bertz CT molecular complexity index is 866. The van der Waals surface area contributed by atoms with Gasteiger partial charge >= 0.3 is 0 Å². The van der Waals surface area contributed by atoms with Crippen molar-refractivity contribution in [3.05, 3.63) is 53.2 Å². The molecule has 0 saturated carbocycles. The lowest BCUT2D eigenvalue weighted by atomic mass is 10.1. The minimum absolute atomic E-state index is 0.0393. The number of fused-ring (bicyclic) bond motifs is 1. The molecule has 0 fully saturated rings. The lowest BCUT2D eigenvalue weighted by Crippen LogP contribution is -2.19. The Labute approximate surface area is 140 Å². The SMILES string of the molecule is Cc1ccn2c(NC(=O)C(C)C)c(-c3ccc(Cl)cc3)nc2c1. The van der Waals surface area contributed by atoms with Crippen LogP contribution in [0.2, 0.25) is 5.02 Å². The van der Waals surface area contributed by atoms with Crippen molar-refractivity contribution in [1.29, 1.82) is 0 Å². The van der Waals surface area contributed by atoms with Crippen LogP contribution in [-0.2, 0) is 4.79 Å². The summed E-state index contributed by atoms with van der Waals surface area (Å²) >= 11 is 5.97. The number of imidazole rings is 1. The number of carbonyl (C=O) groups is 1. The highest BCUT2D eigenvalue weighted by atomic mass is 35.5. The van der Waals surface area contributed by atoms with E-state index in [9.17, 15) is 4.79 Å². The lowest BCUT2D eigenvalue weighted by molar-refractivity contribution is -0.118. The van der Waals surface area contributed by atoms with Gasteiger partial charge in [0, 0.05) is 22.7 Å². The summed E-state index contributed by atoms with van der Waals surface area (Å²) in [6, 6.07) is 11.4. The van der Waals surface area contributed by atoms with Crippen molar-refractivity contribution in [2.45, 2.75) is 20.8 Å². The first-order chi connectivity index (χ1) is 11.0. The Morgan fingerprint density at radius 2 is 1.91 bits per heavy atom. The van der Waals surface area contributed by atoms with E-state index in [1.54, 1.807) is 0 Å². The van der Waals surface area contributed by atoms with Crippen LogP contribution >= 0.6 is 11.6 Å². The minimum atomic E-state index is -0.107. The highest BCUT2D eigenvalue weighted by Crippen LogP contribution is 2.30. The van der Waals surface area contributed by atoms with Crippen molar-refractivity contribution in [1.82, 2.24) is 9.38 Å². The minimum Gasteiger partial charge on any atom is -0.310 e. The number of anilines is 1. The van der Waals surface area contributed by atoms with Crippen molar-refractivity contribution >= 4 is 29.0 Å². The molecule has 2 aromatic heterocycles. The summed E-state index contributed by atoms with van der Waals surface area (Å²) in [6.07, 6.45) is 1.92. The molecule has 23 heavy (non-hydrogen) atoms. The highest BCUT2D eigenvalue weighted by Gasteiger charge is 2.17. The highest BCUT2D eigenvalue weighted by molar-refractivity contribution is 6.30. The zero-order valence-electron chi connectivity index (χ0n) is 13.3. The van der Waals surface area contributed by atoms with Gasteiger partial charge in [0.05, 0.1) is 0 Å². The normalized spacial score (nSPS) is 11.2. The van der Waals surface area contributed by atoms with E-state index in [2.05, 4.69) is 5.32 Å². The van der Waals surface area contributed by atoms with Crippen LogP contribution in [0, 0.1) is 12.8 Å². The van der Waals surface area contributed by atoms with Crippen molar-refractivity contribution in [2.24, 2.45) is 5.92 Å². The number of aryl methyl sites for hydroxylation is 1. The maximum absolute atomic E-state index is 12.2. The molecule has 0 unspecified atom stereocenters. The largest absolute Gasteiger partial charge is 0.310 e. The van der Waals surface area contributed by atoms with Gasteiger partial charge in [-0.25, -0.2) is 4.98 Å². The van der Waals surface area contributed by atoms with Crippen LogP contribution in [0.3, 0.4) is 0 Å². The number of nitrogens with one attached hydrogen (secondary N) is 1. The van der Waals surface area contributed by atoms with E-state index in [1.807, 2.05) is 67.8 Å². The fourth-order valence-corrected chi connectivity index (χ4v) is 2.46. The Morgan fingerprint density at radius 1 is 1.22 bits per heavy atom. The summed E-state index contributed by atoms with van der Waals surface area (Å²) in [4.78, 5) is 16.9. The van der Waals surface area contributed by atoms with E-state index in [0.717, 1.165) is 22.5 Å². The Kier molecular flexibility index (Phi) is 4.09. The molecule has 0 saturated heterocycles. The Morgan fingerprint density at radius 3 is 2.57 bits per heavy atom. The summed E-state index contributed by atoms with van der Waals surface area (Å²) in [5.74, 6) is 0.535. The quantitative estimate of drug-likeness (QED) is 0.766. The second kappa shape index (κ2) is 6.05. The molecule has 0 bridgehead atoms. The lowest BCUT2D eigenvalue weighted by Gasteiger charge is -2.10. The molecule has 0 aliphatic carbocycles. The Hall–Kier alpha value is -2.33. The number of halogens is 1. The first kappa shape index (κ1) is 15.6. The summed E-state index contributed by atoms with van der Waals surface area (Å²) in [5.41, 5.74) is 3.57. The van der Waals surface area contributed by atoms with E-state index < -0.39 is 0 Å². The van der Waals surface area contributed by atoms with Gasteiger partial charge in [-0.3, -0.25) is 9.20 Å². The average molecular weight is 328 g/mol. The van der Waals surface area contributed by atoms with Gasteiger partial charge in [0.15, 0.2) is 0 Å². The van der Waals surface area contributed by atoms with E-state index in [-0.39, 0.29) is 11.8 Å². The summed E-state index contributed by atoms with van der Waals surface area (Å²) in [7, 11) is 0. The van der Waals surface area contributed by atoms with E-state index in [4.69, 9.17) is 16.6 Å². The van der Waals surface area contributed by atoms with E-state index in [0.29, 0.717) is 10.8 Å². The summed E-state index contributed by atoms with van der Waals surface area (Å²) < 4.78 is 1.90. The number of rotatable bonds is 3. The molecule has 118 valence electrons. The van der Waals surface area contributed by atoms with Gasteiger partial charge in [-0.2, -0.15) is 0 Å². The Balaban J connectivity index is 2.18. The zero-order chi connectivity index (χ0) is 16.6. The van der Waals surface area contributed by atoms with Crippen LogP contribution < -0.4 is 5.32 Å². The molecule has 1 N–H and O–H groups in total. The number of hydrogen-bond donors (Lipinski definition) is 1. The predicted octanol–water partition coefficient (Wildman–Crippen LogP) is 4.56. The average Bonchev–Trinajstić information content (AvgIpc) is 2.85. The number of benzene rings is 1. The molecule has 0 aliphatic heterocycles.